The molecule has 0 aliphatic carbocycles. The SMILES string of the molecule is N[C@@H](CO)C(=O)N1CC2CNCC(C1)O2. The predicted molar refractivity (Wildman–Crippen MR) is 53.2 cm³/mol. The van der Waals surface area contributed by atoms with Crippen molar-refractivity contribution in [3.8, 4) is 0 Å². The molecule has 2 rings (SSSR count). The number of hydrogen-bond donors (Lipinski definition) is 3. The topological polar surface area (TPSA) is 87.8 Å². The van der Waals surface area contributed by atoms with E-state index in [0.29, 0.717) is 13.1 Å². The van der Waals surface area contributed by atoms with Crippen molar-refractivity contribution in [1.82, 2.24) is 10.2 Å². The van der Waals surface area contributed by atoms with Gasteiger partial charge in [0.15, 0.2) is 0 Å². The van der Waals surface area contributed by atoms with Gasteiger partial charge in [-0.1, -0.05) is 0 Å². The first-order valence-corrected chi connectivity index (χ1v) is 5.22. The molecule has 2 fully saturated rings. The van der Waals surface area contributed by atoms with Gasteiger partial charge in [0.2, 0.25) is 5.91 Å². The fourth-order valence-electron chi connectivity index (χ4n) is 2.05. The van der Waals surface area contributed by atoms with Crippen LogP contribution in [0.5, 0.6) is 0 Å². The van der Waals surface area contributed by atoms with Crippen LogP contribution in [0.25, 0.3) is 0 Å². The minimum absolute atomic E-state index is 0.0624. The van der Waals surface area contributed by atoms with E-state index in [1.165, 1.54) is 0 Å². The quantitative estimate of drug-likeness (QED) is 0.474. The average molecular weight is 215 g/mol. The summed E-state index contributed by atoms with van der Waals surface area (Å²) in [5, 5.41) is 12.1. The normalized spacial score (nSPS) is 32.5. The summed E-state index contributed by atoms with van der Waals surface area (Å²) in [5.41, 5.74) is 5.50. The Morgan fingerprint density at radius 1 is 1.53 bits per heavy atom. The number of ether oxygens (including phenoxy) is 1. The first kappa shape index (κ1) is 10.8. The number of fused-ring (bicyclic) bond motifs is 2. The van der Waals surface area contributed by atoms with Crippen molar-refractivity contribution in [2.45, 2.75) is 18.2 Å². The standard InChI is InChI=1S/C9H17N3O3/c10-8(5-13)9(14)12-3-6-1-11-2-7(4-12)15-6/h6-8,11,13H,1-5,10H2/t6?,7?,8-/m0/s1. The molecule has 4 N–H and O–H groups in total. The largest absolute Gasteiger partial charge is 0.394 e. The minimum Gasteiger partial charge on any atom is -0.394 e. The maximum atomic E-state index is 11.7. The van der Waals surface area contributed by atoms with Crippen LogP contribution in [0.15, 0.2) is 0 Å². The monoisotopic (exact) mass is 215 g/mol. The van der Waals surface area contributed by atoms with E-state index >= 15 is 0 Å². The Morgan fingerprint density at radius 3 is 2.67 bits per heavy atom. The molecule has 2 heterocycles. The molecule has 15 heavy (non-hydrogen) atoms. The molecule has 0 aromatic rings. The van der Waals surface area contributed by atoms with Crippen LogP contribution in [0.4, 0.5) is 0 Å². The van der Waals surface area contributed by atoms with Crippen LogP contribution in [0, 0.1) is 0 Å². The number of morpholine rings is 2. The van der Waals surface area contributed by atoms with Gasteiger partial charge in [0.05, 0.1) is 18.8 Å². The molecule has 0 saturated carbocycles. The zero-order valence-corrected chi connectivity index (χ0v) is 8.56. The van der Waals surface area contributed by atoms with Crippen molar-refractivity contribution in [1.29, 1.82) is 0 Å². The van der Waals surface area contributed by atoms with Crippen molar-refractivity contribution < 1.29 is 14.6 Å². The fourth-order valence-corrected chi connectivity index (χ4v) is 2.05. The molecule has 2 bridgehead atoms. The van der Waals surface area contributed by atoms with Crippen LogP contribution in [0.1, 0.15) is 0 Å². The third-order valence-corrected chi connectivity index (χ3v) is 2.80. The molecule has 0 radical (unpaired) electrons. The summed E-state index contributed by atoms with van der Waals surface area (Å²) in [6.45, 7) is 2.37. The van der Waals surface area contributed by atoms with Crippen LogP contribution in [-0.2, 0) is 9.53 Å². The van der Waals surface area contributed by atoms with E-state index in [2.05, 4.69) is 5.32 Å². The number of nitrogens with two attached hydrogens (primary N) is 1. The van der Waals surface area contributed by atoms with Crippen molar-refractivity contribution in [2.24, 2.45) is 5.73 Å². The molecule has 3 atom stereocenters. The molecule has 0 spiro atoms. The lowest BCUT2D eigenvalue weighted by molar-refractivity contribution is -0.151. The van der Waals surface area contributed by atoms with Gasteiger partial charge < -0.3 is 25.8 Å². The molecule has 2 saturated heterocycles. The number of aliphatic hydroxyl groups is 1. The Labute approximate surface area is 88.4 Å². The fraction of sp³-hybridized carbons (Fsp3) is 0.889. The number of carbonyl (C=O) groups is 1. The van der Waals surface area contributed by atoms with E-state index < -0.39 is 6.04 Å². The molecule has 86 valence electrons. The molecule has 2 aliphatic heterocycles. The molecule has 2 unspecified atom stereocenters. The molecule has 2 aliphatic rings. The van der Waals surface area contributed by atoms with Gasteiger partial charge in [-0.2, -0.15) is 0 Å². The molecule has 6 heteroatoms. The first-order chi connectivity index (χ1) is 7.20. The Balaban J connectivity index is 1.96. The Morgan fingerprint density at radius 2 is 2.13 bits per heavy atom. The summed E-state index contributed by atoms with van der Waals surface area (Å²) >= 11 is 0. The average Bonchev–Trinajstić information content (AvgIpc) is 2.26. The number of aliphatic hydroxyl groups excluding tert-OH is 1. The molecule has 1 amide bonds. The van der Waals surface area contributed by atoms with Gasteiger partial charge in [-0.25, -0.2) is 0 Å². The highest BCUT2D eigenvalue weighted by Crippen LogP contribution is 2.14. The third-order valence-electron chi connectivity index (χ3n) is 2.80. The summed E-state index contributed by atoms with van der Waals surface area (Å²) in [7, 11) is 0. The molecule has 0 aromatic carbocycles. The second-order valence-electron chi connectivity index (χ2n) is 4.07. The Bertz CT molecular complexity index is 237. The second-order valence-corrected chi connectivity index (χ2v) is 4.07. The summed E-state index contributed by atoms with van der Waals surface area (Å²) in [6, 6.07) is -0.795. The predicted octanol–water partition coefficient (Wildman–Crippen LogP) is -2.49. The smallest absolute Gasteiger partial charge is 0.242 e. The zero-order chi connectivity index (χ0) is 10.8. The van der Waals surface area contributed by atoms with Crippen molar-refractivity contribution in [2.75, 3.05) is 32.8 Å². The molecular weight excluding hydrogens is 198 g/mol. The summed E-state index contributed by atoms with van der Waals surface area (Å²) in [4.78, 5) is 13.4. The highest BCUT2D eigenvalue weighted by atomic mass is 16.5. The number of amides is 1. The van der Waals surface area contributed by atoms with Crippen LogP contribution in [0.3, 0.4) is 0 Å². The summed E-state index contributed by atoms with van der Waals surface area (Å²) in [6.07, 6.45) is 0.125. The highest BCUT2D eigenvalue weighted by molar-refractivity contribution is 5.81. The van der Waals surface area contributed by atoms with Crippen molar-refractivity contribution in [3.63, 3.8) is 0 Å². The number of rotatable bonds is 2. The van der Waals surface area contributed by atoms with Crippen molar-refractivity contribution in [3.05, 3.63) is 0 Å². The summed E-state index contributed by atoms with van der Waals surface area (Å²) < 4.78 is 5.66. The van der Waals surface area contributed by atoms with E-state index in [4.69, 9.17) is 15.6 Å². The third kappa shape index (κ3) is 2.28. The van der Waals surface area contributed by atoms with Crippen molar-refractivity contribution >= 4 is 5.91 Å². The van der Waals surface area contributed by atoms with Crippen LogP contribution >= 0.6 is 0 Å². The lowest BCUT2D eigenvalue weighted by atomic mass is 10.1. The lowest BCUT2D eigenvalue weighted by Crippen LogP contribution is -2.61. The molecule has 6 nitrogen and oxygen atoms in total. The van der Waals surface area contributed by atoms with Gasteiger partial charge in [-0.15, -0.1) is 0 Å². The van der Waals surface area contributed by atoms with E-state index in [1.807, 2.05) is 0 Å². The van der Waals surface area contributed by atoms with Gasteiger partial charge in [-0.3, -0.25) is 4.79 Å². The Kier molecular flexibility index (Phi) is 3.20. The van der Waals surface area contributed by atoms with E-state index in [-0.39, 0.29) is 24.7 Å². The number of nitrogens with one attached hydrogen (secondary N) is 1. The van der Waals surface area contributed by atoms with E-state index in [1.54, 1.807) is 4.90 Å². The van der Waals surface area contributed by atoms with E-state index in [9.17, 15) is 4.79 Å². The number of hydrogen-bond acceptors (Lipinski definition) is 5. The maximum Gasteiger partial charge on any atom is 0.242 e. The number of nitrogens with zero attached hydrogens (tertiary/aromatic N) is 1. The van der Waals surface area contributed by atoms with Gasteiger partial charge >= 0.3 is 0 Å². The summed E-state index contributed by atoms with van der Waals surface area (Å²) in [5.74, 6) is -0.183. The van der Waals surface area contributed by atoms with Gasteiger partial charge in [0, 0.05) is 26.2 Å². The first-order valence-electron chi connectivity index (χ1n) is 5.22. The minimum atomic E-state index is -0.795. The molecule has 0 aromatic heterocycles. The van der Waals surface area contributed by atoms with Gasteiger partial charge in [0.25, 0.3) is 0 Å². The van der Waals surface area contributed by atoms with Crippen LogP contribution in [-0.4, -0.2) is 66.9 Å². The highest BCUT2D eigenvalue weighted by Gasteiger charge is 2.34. The number of carbonyl (C=O) groups excluding carboxylic acids is 1. The van der Waals surface area contributed by atoms with Crippen LogP contribution in [0.2, 0.25) is 0 Å². The second kappa shape index (κ2) is 4.44. The Hall–Kier alpha value is -0.690. The van der Waals surface area contributed by atoms with E-state index in [0.717, 1.165) is 13.1 Å². The van der Waals surface area contributed by atoms with Gasteiger partial charge in [0.1, 0.15) is 6.04 Å². The zero-order valence-electron chi connectivity index (χ0n) is 8.56. The van der Waals surface area contributed by atoms with Gasteiger partial charge in [-0.05, 0) is 0 Å². The molecular formula is C9H17N3O3. The lowest BCUT2D eigenvalue weighted by Gasteiger charge is -2.42. The maximum absolute atomic E-state index is 11.7. The van der Waals surface area contributed by atoms with Crippen LogP contribution < -0.4 is 11.1 Å².